The summed E-state index contributed by atoms with van der Waals surface area (Å²) in [5.74, 6) is 0. The number of aryl methyl sites for hydroxylation is 1. The molecule has 0 aliphatic heterocycles. The summed E-state index contributed by atoms with van der Waals surface area (Å²) < 4.78 is 0. The molecule has 1 aromatic carbocycles. The molecule has 0 amide bonds. The molecule has 1 nitrogen and oxygen atoms in total. The van der Waals surface area contributed by atoms with Crippen LogP contribution in [0.5, 0.6) is 0 Å². The second-order valence-corrected chi connectivity index (χ2v) is 4.74. The van der Waals surface area contributed by atoms with E-state index in [4.69, 9.17) is 5.73 Å². The van der Waals surface area contributed by atoms with Crippen LogP contribution in [0.4, 0.5) is 0 Å². The van der Waals surface area contributed by atoms with Gasteiger partial charge >= 0.3 is 0 Å². The second-order valence-electron chi connectivity index (χ2n) is 4.74. The Bertz CT molecular complexity index is 302. The Morgan fingerprint density at radius 2 is 2.00 bits per heavy atom. The van der Waals surface area contributed by atoms with Crippen molar-refractivity contribution >= 4 is 0 Å². The average molecular weight is 205 g/mol. The summed E-state index contributed by atoms with van der Waals surface area (Å²) in [4.78, 5) is 0. The van der Waals surface area contributed by atoms with Gasteiger partial charge in [-0.05, 0) is 25.8 Å². The number of nitrogens with two attached hydrogens (primary N) is 1. The number of hydrogen-bond donors (Lipinski definition) is 1. The normalized spacial score (nSPS) is 14.9. The molecular formula is C14H23N. The molecule has 0 aliphatic rings. The fourth-order valence-corrected chi connectivity index (χ4v) is 1.89. The van der Waals surface area contributed by atoms with Crippen LogP contribution < -0.4 is 5.73 Å². The van der Waals surface area contributed by atoms with Crippen LogP contribution in [0.1, 0.15) is 50.7 Å². The van der Waals surface area contributed by atoms with Crippen LogP contribution in [0.25, 0.3) is 0 Å². The first-order valence-electron chi connectivity index (χ1n) is 5.92. The van der Waals surface area contributed by atoms with E-state index in [2.05, 4.69) is 45.0 Å². The van der Waals surface area contributed by atoms with Crippen molar-refractivity contribution in [1.82, 2.24) is 0 Å². The molecule has 0 bridgehead atoms. The van der Waals surface area contributed by atoms with Crippen LogP contribution in [0, 0.1) is 6.92 Å². The lowest BCUT2D eigenvalue weighted by Gasteiger charge is -2.25. The van der Waals surface area contributed by atoms with Crippen LogP contribution >= 0.6 is 0 Å². The summed E-state index contributed by atoms with van der Waals surface area (Å²) in [6, 6.07) is 8.55. The highest BCUT2D eigenvalue weighted by Gasteiger charge is 2.20. The Morgan fingerprint density at radius 3 is 2.60 bits per heavy atom. The molecule has 84 valence electrons. The van der Waals surface area contributed by atoms with Gasteiger partial charge in [-0.3, -0.25) is 0 Å². The van der Waals surface area contributed by atoms with Gasteiger partial charge in [0.1, 0.15) is 0 Å². The maximum Gasteiger partial charge on any atom is 0.0381 e. The predicted molar refractivity (Wildman–Crippen MR) is 66.9 cm³/mol. The molecule has 0 saturated carbocycles. The van der Waals surface area contributed by atoms with Gasteiger partial charge in [0.05, 0.1) is 0 Å². The maximum atomic E-state index is 6.35. The van der Waals surface area contributed by atoms with Crippen LogP contribution in [0.2, 0.25) is 0 Å². The summed E-state index contributed by atoms with van der Waals surface area (Å²) in [6.45, 7) is 6.48. The van der Waals surface area contributed by atoms with Gasteiger partial charge in [0, 0.05) is 5.54 Å². The van der Waals surface area contributed by atoms with Gasteiger partial charge in [-0.25, -0.2) is 0 Å². The smallest absolute Gasteiger partial charge is 0.0381 e. The highest BCUT2D eigenvalue weighted by Crippen LogP contribution is 2.24. The Balaban J connectivity index is 2.67. The standard InChI is InChI=1S/C14H23N/c1-4-5-6-10-14(3,15)13-9-7-8-12(2)11-13/h7-9,11H,4-6,10,15H2,1-3H3. The zero-order chi connectivity index (χ0) is 11.3. The lowest BCUT2D eigenvalue weighted by atomic mass is 9.87. The molecule has 0 radical (unpaired) electrons. The zero-order valence-corrected chi connectivity index (χ0v) is 10.2. The van der Waals surface area contributed by atoms with E-state index in [-0.39, 0.29) is 5.54 Å². The molecule has 0 heterocycles. The summed E-state index contributed by atoms with van der Waals surface area (Å²) in [5, 5.41) is 0. The molecule has 1 aromatic rings. The van der Waals surface area contributed by atoms with Crippen LogP contribution in [0.15, 0.2) is 24.3 Å². The van der Waals surface area contributed by atoms with Gasteiger partial charge in [0.2, 0.25) is 0 Å². The highest BCUT2D eigenvalue weighted by atomic mass is 14.7. The van der Waals surface area contributed by atoms with E-state index >= 15 is 0 Å². The fourth-order valence-electron chi connectivity index (χ4n) is 1.89. The number of unbranched alkanes of at least 4 members (excludes halogenated alkanes) is 2. The van der Waals surface area contributed by atoms with Gasteiger partial charge in [-0.2, -0.15) is 0 Å². The third-order valence-corrected chi connectivity index (χ3v) is 2.98. The third-order valence-electron chi connectivity index (χ3n) is 2.98. The van der Waals surface area contributed by atoms with Crippen molar-refractivity contribution in [2.75, 3.05) is 0 Å². The third kappa shape index (κ3) is 3.67. The van der Waals surface area contributed by atoms with Gasteiger partial charge in [-0.1, -0.05) is 56.0 Å². The largest absolute Gasteiger partial charge is 0.322 e. The van der Waals surface area contributed by atoms with Crippen molar-refractivity contribution in [2.45, 2.75) is 52.0 Å². The lowest BCUT2D eigenvalue weighted by molar-refractivity contribution is 0.427. The van der Waals surface area contributed by atoms with Crippen molar-refractivity contribution in [3.05, 3.63) is 35.4 Å². The molecule has 1 atom stereocenters. The van der Waals surface area contributed by atoms with E-state index in [1.165, 1.54) is 30.4 Å². The van der Waals surface area contributed by atoms with E-state index in [9.17, 15) is 0 Å². The van der Waals surface area contributed by atoms with E-state index in [0.717, 1.165) is 6.42 Å². The monoisotopic (exact) mass is 205 g/mol. The van der Waals surface area contributed by atoms with Crippen LogP contribution in [-0.4, -0.2) is 0 Å². The van der Waals surface area contributed by atoms with Gasteiger partial charge in [-0.15, -0.1) is 0 Å². The van der Waals surface area contributed by atoms with Crippen molar-refractivity contribution in [1.29, 1.82) is 0 Å². The molecule has 0 aliphatic carbocycles. The molecule has 1 heteroatoms. The maximum absolute atomic E-state index is 6.35. The summed E-state index contributed by atoms with van der Waals surface area (Å²) in [7, 11) is 0. The van der Waals surface area contributed by atoms with Gasteiger partial charge < -0.3 is 5.73 Å². The van der Waals surface area contributed by atoms with Crippen molar-refractivity contribution in [3.63, 3.8) is 0 Å². The Labute approximate surface area is 93.7 Å². The molecular weight excluding hydrogens is 182 g/mol. The Morgan fingerprint density at radius 1 is 1.27 bits per heavy atom. The van der Waals surface area contributed by atoms with E-state index in [0.29, 0.717) is 0 Å². The van der Waals surface area contributed by atoms with E-state index < -0.39 is 0 Å². The number of hydrogen-bond acceptors (Lipinski definition) is 1. The molecule has 2 N–H and O–H groups in total. The molecule has 0 spiro atoms. The first-order valence-corrected chi connectivity index (χ1v) is 5.92. The highest BCUT2D eigenvalue weighted by molar-refractivity contribution is 5.27. The fraction of sp³-hybridized carbons (Fsp3) is 0.571. The quantitative estimate of drug-likeness (QED) is 0.728. The Hall–Kier alpha value is -0.820. The van der Waals surface area contributed by atoms with Crippen LogP contribution in [-0.2, 0) is 5.54 Å². The number of benzene rings is 1. The molecule has 1 rings (SSSR count). The van der Waals surface area contributed by atoms with Crippen molar-refractivity contribution in [2.24, 2.45) is 5.73 Å². The molecule has 0 fully saturated rings. The average Bonchev–Trinajstić information content (AvgIpc) is 2.18. The van der Waals surface area contributed by atoms with Crippen LogP contribution in [0.3, 0.4) is 0 Å². The minimum Gasteiger partial charge on any atom is -0.322 e. The van der Waals surface area contributed by atoms with Gasteiger partial charge in [0.15, 0.2) is 0 Å². The molecule has 0 saturated heterocycles. The van der Waals surface area contributed by atoms with E-state index in [1.54, 1.807) is 0 Å². The summed E-state index contributed by atoms with van der Waals surface area (Å²) in [6.07, 6.45) is 4.82. The SMILES string of the molecule is CCCCCC(C)(N)c1cccc(C)c1. The lowest BCUT2D eigenvalue weighted by Crippen LogP contribution is -2.32. The first-order chi connectivity index (χ1) is 7.06. The van der Waals surface area contributed by atoms with Gasteiger partial charge in [0.25, 0.3) is 0 Å². The predicted octanol–water partition coefficient (Wildman–Crippen LogP) is 3.75. The molecule has 1 unspecified atom stereocenters. The zero-order valence-electron chi connectivity index (χ0n) is 10.2. The topological polar surface area (TPSA) is 26.0 Å². The van der Waals surface area contributed by atoms with Crippen molar-refractivity contribution in [3.8, 4) is 0 Å². The van der Waals surface area contributed by atoms with Crippen molar-refractivity contribution < 1.29 is 0 Å². The Kier molecular flexibility index (Phi) is 4.34. The minimum absolute atomic E-state index is 0.165. The summed E-state index contributed by atoms with van der Waals surface area (Å²) >= 11 is 0. The minimum atomic E-state index is -0.165. The van der Waals surface area contributed by atoms with E-state index in [1.807, 2.05) is 0 Å². The molecule has 0 aromatic heterocycles. The molecule has 15 heavy (non-hydrogen) atoms. The second kappa shape index (κ2) is 5.32. The first kappa shape index (κ1) is 12.3. The summed E-state index contributed by atoms with van der Waals surface area (Å²) in [5.41, 5.74) is 8.74. The number of rotatable bonds is 5.